The predicted octanol–water partition coefficient (Wildman–Crippen LogP) is 4.20. The third-order valence-electron chi connectivity index (χ3n) is 3.79. The Morgan fingerprint density at radius 2 is 1.80 bits per heavy atom. The van der Waals surface area contributed by atoms with Crippen molar-refractivity contribution in [3.8, 4) is 0 Å². The zero-order chi connectivity index (χ0) is 14.6. The molecule has 0 spiro atoms. The molecule has 2 heteroatoms. The van der Waals surface area contributed by atoms with E-state index in [1.54, 1.807) is 0 Å². The van der Waals surface area contributed by atoms with Gasteiger partial charge in [0.05, 0.1) is 0 Å². The molecule has 0 radical (unpaired) electrons. The third-order valence-corrected chi connectivity index (χ3v) is 3.79. The summed E-state index contributed by atoms with van der Waals surface area (Å²) >= 11 is 0. The van der Waals surface area contributed by atoms with Crippen molar-refractivity contribution < 1.29 is 0 Å². The average Bonchev–Trinajstić information content (AvgIpc) is 3.20. The molecule has 1 aromatic carbocycles. The smallest absolute Gasteiger partial charge is 0.0366 e. The van der Waals surface area contributed by atoms with E-state index >= 15 is 0 Å². The van der Waals surface area contributed by atoms with Crippen LogP contribution in [0.2, 0.25) is 0 Å². The standard InChI is InChI=1S/C18H30N2/c1-5-12-20(14-16-6-7-16)17-10-8-15(9-11-17)13-19-18(2,3)4/h8-11,16,19H,5-7,12-14H2,1-4H3. The topological polar surface area (TPSA) is 15.3 Å². The van der Waals surface area contributed by atoms with Gasteiger partial charge in [-0.15, -0.1) is 0 Å². The van der Waals surface area contributed by atoms with E-state index in [9.17, 15) is 0 Å². The van der Waals surface area contributed by atoms with Crippen molar-refractivity contribution >= 4 is 5.69 Å². The quantitative estimate of drug-likeness (QED) is 0.801. The maximum absolute atomic E-state index is 3.54. The second-order valence-electron chi connectivity index (χ2n) is 7.16. The fourth-order valence-corrected chi connectivity index (χ4v) is 2.40. The van der Waals surface area contributed by atoms with Crippen LogP contribution in [0.15, 0.2) is 24.3 Å². The van der Waals surface area contributed by atoms with Crippen molar-refractivity contribution in [3.05, 3.63) is 29.8 Å². The van der Waals surface area contributed by atoms with Gasteiger partial charge in [0.15, 0.2) is 0 Å². The number of nitrogens with zero attached hydrogens (tertiary/aromatic N) is 1. The molecule has 1 saturated carbocycles. The van der Waals surface area contributed by atoms with Gasteiger partial charge in [0.2, 0.25) is 0 Å². The lowest BCUT2D eigenvalue weighted by Crippen LogP contribution is -2.35. The zero-order valence-electron chi connectivity index (χ0n) is 13.6. The highest BCUT2D eigenvalue weighted by molar-refractivity contribution is 5.47. The molecule has 112 valence electrons. The molecule has 0 atom stereocenters. The summed E-state index contributed by atoms with van der Waals surface area (Å²) in [6.45, 7) is 12.3. The first kappa shape index (κ1) is 15.4. The maximum Gasteiger partial charge on any atom is 0.0366 e. The molecule has 2 nitrogen and oxygen atoms in total. The normalized spacial score (nSPS) is 15.4. The van der Waals surface area contributed by atoms with Crippen molar-refractivity contribution in [1.29, 1.82) is 0 Å². The SMILES string of the molecule is CCCN(CC1CC1)c1ccc(CNC(C)(C)C)cc1. The minimum Gasteiger partial charge on any atom is -0.371 e. The van der Waals surface area contributed by atoms with Crippen LogP contribution in [0.3, 0.4) is 0 Å². The number of hydrogen-bond acceptors (Lipinski definition) is 2. The molecule has 1 aliphatic carbocycles. The summed E-state index contributed by atoms with van der Waals surface area (Å²) in [6.07, 6.45) is 4.07. The highest BCUT2D eigenvalue weighted by Gasteiger charge is 2.24. The van der Waals surface area contributed by atoms with Gasteiger partial charge in [0, 0.05) is 30.9 Å². The molecule has 0 saturated heterocycles. The number of hydrogen-bond donors (Lipinski definition) is 1. The van der Waals surface area contributed by atoms with Crippen LogP contribution in [0.5, 0.6) is 0 Å². The van der Waals surface area contributed by atoms with Gasteiger partial charge in [-0.2, -0.15) is 0 Å². The highest BCUT2D eigenvalue weighted by Crippen LogP contribution is 2.31. The largest absolute Gasteiger partial charge is 0.371 e. The van der Waals surface area contributed by atoms with Gasteiger partial charge in [-0.3, -0.25) is 0 Å². The molecule has 1 aliphatic rings. The Morgan fingerprint density at radius 3 is 2.30 bits per heavy atom. The lowest BCUT2D eigenvalue weighted by Gasteiger charge is -2.25. The molecule has 1 fully saturated rings. The van der Waals surface area contributed by atoms with Crippen LogP contribution in [0, 0.1) is 5.92 Å². The molecule has 20 heavy (non-hydrogen) atoms. The predicted molar refractivity (Wildman–Crippen MR) is 88.3 cm³/mol. The van der Waals surface area contributed by atoms with Gasteiger partial charge in [-0.05, 0) is 63.6 Å². The molecule has 2 rings (SSSR count). The Morgan fingerprint density at radius 1 is 1.15 bits per heavy atom. The molecule has 1 aromatic rings. The van der Waals surface area contributed by atoms with Crippen molar-refractivity contribution in [3.63, 3.8) is 0 Å². The Labute approximate surface area is 124 Å². The van der Waals surface area contributed by atoms with E-state index in [4.69, 9.17) is 0 Å². The summed E-state index contributed by atoms with van der Waals surface area (Å²) < 4.78 is 0. The fourth-order valence-electron chi connectivity index (χ4n) is 2.40. The Hall–Kier alpha value is -1.02. The Balaban J connectivity index is 1.94. The van der Waals surface area contributed by atoms with E-state index in [1.165, 1.54) is 43.6 Å². The molecule has 0 aliphatic heterocycles. The van der Waals surface area contributed by atoms with E-state index in [0.717, 1.165) is 12.5 Å². The van der Waals surface area contributed by atoms with Crippen LogP contribution in [-0.4, -0.2) is 18.6 Å². The number of nitrogens with one attached hydrogen (secondary N) is 1. The summed E-state index contributed by atoms with van der Waals surface area (Å²) in [6, 6.07) is 9.11. The first-order valence-electron chi connectivity index (χ1n) is 8.07. The van der Waals surface area contributed by atoms with Gasteiger partial charge in [-0.1, -0.05) is 19.1 Å². The molecule has 0 heterocycles. The van der Waals surface area contributed by atoms with Gasteiger partial charge in [0.1, 0.15) is 0 Å². The van der Waals surface area contributed by atoms with E-state index < -0.39 is 0 Å². The minimum atomic E-state index is 0.179. The average molecular weight is 274 g/mol. The molecule has 0 unspecified atom stereocenters. The highest BCUT2D eigenvalue weighted by atomic mass is 15.1. The van der Waals surface area contributed by atoms with E-state index in [0.29, 0.717) is 0 Å². The zero-order valence-corrected chi connectivity index (χ0v) is 13.6. The van der Waals surface area contributed by atoms with Crippen LogP contribution >= 0.6 is 0 Å². The van der Waals surface area contributed by atoms with Crippen molar-refractivity contribution in [2.24, 2.45) is 5.92 Å². The van der Waals surface area contributed by atoms with Crippen molar-refractivity contribution in [2.45, 2.75) is 59.0 Å². The van der Waals surface area contributed by atoms with Gasteiger partial charge < -0.3 is 10.2 Å². The lowest BCUT2D eigenvalue weighted by atomic mass is 10.1. The van der Waals surface area contributed by atoms with Crippen molar-refractivity contribution in [1.82, 2.24) is 5.32 Å². The molecule has 0 aromatic heterocycles. The number of anilines is 1. The molecular weight excluding hydrogens is 244 g/mol. The molecule has 1 N–H and O–H groups in total. The van der Waals surface area contributed by atoms with Gasteiger partial charge >= 0.3 is 0 Å². The second kappa shape index (κ2) is 6.62. The second-order valence-corrected chi connectivity index (χ2v) is 7.16. The van der Waals surface area contributed by atoms with E-state index in [-0.39, 0.29) is 5.54 Å². The number of benzene rings is 1. The summed E-state index contributed by atoms with van der Waals surface area (Å²) in [4.78, 5) is 2.55. The molecule has 0 amide bonds. The maximum atomic E-state index is 3.54. The fraction of sp³-hybridized carbons (Fsp3) is 0.667. The van der Waals surface area contributed by atoms with Crippen LogP contribution in [0.25, 0.3) is 0 Å². The lowest BCUT2D eigenvalue weighted by molar-refractivity contribution is 0.424. The van der Waals surface area contributed by atoms with E-state index in [2.05, 4.69) is 62.2 Å². The monoisotopic (exact) mass is 274 g/mol. The minimum absolute atomic E-state index is 0.179. The summed E-state index contributed by atoms with van der Waals surface area (Å²) in [7, 11) is 0. The summed E-state index contributed by atoms with van der Waals surface area (Å²) in [5.41, 5.74) is 2.93. The summed E-state index contributed by atoms with van der Waals surface area (Å²) in [5.74, 6) is 0.948. The number of rotatable bonds is 7. The van der Waals surface area contributed by atoms with Gasteiger partial charge in [-0.25, -0.2) is 0 Å². The van der Waals surface area contributed by atoms with Gasteiger partial charge in [0.25, 0.3) is 0 Å². The van der Waals surface area contributed by atoms with E-state index in [1.807, 2.05) is 0 Å². The molecule has 0 bridgehead atoms. The Kier molecular flexibility index (Phi) is 5.09. The first-order chi connectivity index (χ1) is 9.48. The van der Waals surface area contributed by atoms with Crippen LogP contribution in [-0.2, 0) is 6.54 Å². The van der Waals surface area contributed by atoms with Crippen LogP contribution in [0.1, 0.15) is 52.5 Å². The van der Waals surface area contributed by atoms with Crippen LogP contribution in [0.4, 0.5) is 5.69 Å². The van der Waals surface area contributed by atoms with Crippen molar-refractivity contribution in [2.75, 3.05) is 18.0 Å². The van der Waals surface area contributed by atoms with Crippen LogP contribution < -0.4 is 10.2 Å². The first-order valence-corrected chi connectivity index (χ1v) is 8.07. The molecular formula is C18H30N2. The third kappa shape index (κ3) is 5.16. The summed E-state index contributed by atoms with van der Waals surface area (Å²) in [5, 5.41) is 3.54. The Bertz CT molecular complexity index is 398.